The average Bonchev–Trinajstić information content (AvgIpc) is 2.15. The lowest BCUT2D eigenvalue weighted by Crippen LogP contribution is -2.40. The molecule has 0 aromatic carbocycles. The third-order valence-electron chi connectivity index (χ3n) is 2.14. The van der Waals surface area contributed by atoms with E-state index in [-0.39, 0.29) is 6.54 Å². The van der Waals surface area contributed by atoms with Gasteiger partial charge >= 0.3 is 0 Å². The maximum absolute atomic E-state index is 10.3. The van der Waals surface area contributed by atoms with Crippen LogP contribution in [0.25, 0.3) is 0 Å². The Morgan fingerprint density at radius 1 is 1.46 bits per heavy atom. The first kappa shape index (κ1) is 9.76. The number of rotatable bonds is 2. The van der Waals surface area contributed by atoms with Gasteiger partial charge in [0.2, 0.25) is 0 Å². The van der Waals surface area contributed by atoms with Crippen molar-refractivity contribution in [2.24, 2.45) is 10.9 Å². The summed E-state index contributed by atoms with van der Waals surface area (Å²) in [5.74, 6) is 5.49. The van der Waals surface area contributed by atoms with Gasteiger partial charge in [-0.15, -0.1) is 0 Å². The van der Waals surface area contributed by atoms with Crippen molar-refractivity contribution in [3.8, 4) is 0 Å². The first-order valence-electron chi connectivity index (χ1n) is 4.37. The van der Waals surface area contributed by atoms with E-state index in [2.05, 4.69) is 5.10 Å². The maximum Gasteiger partial charge on any atom is 0.262 e. The molecule has 0 atom stereocenters. The molecule has 0 spiro atoms. The van der Waals surface area contributed by atoms with E-state index in [0.717, 1.165) is 25.9 Å². The van der Waals surface area contributed by atoms with E-state index < -0.39 is 4.92 Å². The molecule has 0 radical (unpaired) electrons. The molecule has 6 heteroatoms. The molecule has 6 nitrogen and oxygen atoms in total. The Labute approximate surface area is 76.5 Å². The monoisotopic (exact) mass is 186 g/mol. The Kier molecular flexibility index (Phi) is 3.48. The van der Waals surface area contributed by atoms with Crippen LogP contribution in [0, 0.1) is 10.1 Å². The second-order valence-corrected chi connectivity index (χ2v) is 3.08. The summed E-state index contributed by atoms with van der Waals surface area (Å²) in [6, 6.07) is 0. The van der Waals surface area contributed by atoms with E-state index >= 15 is 0 Å². The summed E-state index contributed by atoms with van der Waals surface area (Å²) >= 11 is 0. The van der Waals surface area contributed by atoms with Gasteiger partial charge in [-0.25, -0.2) is 0 Å². The van der Waals surface area contributed by atoms with Crippen molar-refractivity contribution >= 4 is 5.84 Å². The molecule has 1 fully saturated rings. The molecule has 13 heavy (non-hydrogen) atoms. The molecule has 1 rings (SSSR count). The molecule has 1 heterocycles. The van der Waals surface area contributed by atoms with Crippen molar-refractivity contribution in [3.63, 3.8) is 0 Å². The predicted molar refractivity (Wildman–Crippen MR) is 48.9 cm³/mol. The summed E-state index contributed by atoms with van der Waals surface area (Å²) in [5, 5.41) is 13.7. The SMILES string of the molecule is NN=C(C[N+](=O)[O-])N1CCCCC1. The number of piperidine rings is 1. The lowest BCUT2D eigenvalue weighted by molar-refractivity contribution is -0.464. The lowest BCUT2D eigenvalue weighted by Gasteiger charge is -2.27. The van der Waals surface area contributed by atoms with Crippen molar-refractivity contribution < 1.29 is 4.92 Å². The zero-order valence-electron chi connectivity index (χ0n) is 7.48. The molecule has 1 aliphatic rings. The minimum absolute atomic E-state index is 0.267. The van der Waals surface area contributed by atoms with Crippen LogP contribution in [-0.2, 0) is 0 Å². The van der Waals surface area contributed by atoms with E-state index in [4.69, 9.17) is 5.84 Å². The van der Waals surface area contributed by atoms with Crippen molar-refractivity contribution in [2.75, 3.05) is 19.6 Å². The van der Waals surface area contributed by atoms with Gasteiger partial charge in [0.1, 0.15) is 0 Å². The van der Waals surface area contributed by atoms with Gasteiger partial charge in [-0.1, -0.05) is 0 Å². The number of likely N-dealkylation sites (tertiary alicyclic amines) is 1. The highest BCUT2D eigenvalue weighted by Gasteiger charge is 2.18. The van der Waals surface area contributed by atoms with E-state index in [1.165, 1.54) is 6.42 Å². The smallest absolute Gasteiger partial charge is 0.262 e. The average molecular weight is 186 g/mol. The molecule has 0 aromatic rings. The van der Waals surface area contributed by atoms with Gasteiger partial charge in [-0.3, -0.25) is 10.1 Å². The molecule has 0 amide bonds. The van der Waals surface area contributed by atoms with Gasteiger partial charge < -0.3 is 10.7 Å². The Hall–Kier alpha value is -1.33. The highest BCUT2D eigenvalue weighted by Crippen LogP contribution is 2.09. The summed E-state index contributed by atoms with van der Waals surface area (Å²) in [6.45, 7) is 1.41. The van der Waals surface area contributed by atoms with Crippen molar-refractivity contribution in [1.29, 1.82) is 0 Å². The fourth-order valence-corrected chi connectivity index (χ4v) is 1.49. The number of hydrogen-bond acceptors (Lipinski definition) is 4. The van der Waals surface area contributed by atoms with Gasteiger partial charge in [-0.2, -0.15) is 5.10 Å². The minimum atomic E-state index is -0.402. The van der Waals surface area contributed by atoms with Crippen LogP contribution in [0.4, 0.5) is 0 Å². The van der Waals surface area contributed by atoms with Crippen LogP contribution in [0.1, 0.15) is 19.3 Å². The zero-order valence-corrected chi connectivity index (χ0v) is 7.48. The number of amidine groups is 1. The van der Waals surface area contributed by atoms with E-state index in [9.17, 15) is 10.1 Å². The molecule has 2 N–H and O–H groups in total. The van der Waals surface area contributed by atoms with Crippen LogP contribution < -0.4 is 5.84 Å². The highest BCUT2D eigenvalue weighted by molar-refractivity contribution is 5.83. The van der Waals surface area contributed by atoms with E-state index in [0.29, 0.717) is 5.84 Å². The molecule has 0 aromatic heterocycles. The fourth-order valence-electron chi connectivity index (χ4n) is 1.49. The standard InChI is InChI=1S/C7H14N4O2/c8-9-7(6-11(12)13)10-4-2-1-3-5-10/h1-6,8H2. The molecule has 74 valence electrons. The van der Waals surface area contributed by atoms with E-state index in [1.54, 1.807) is 0 Å². The minimum Gasteiger partial charge on any atom is -0.353 e. The Morgan fingerprint density at radius 3 is 2.54 bits per heavy atom. The quantitative estimate of drug-likeness (QED) is 0.216. The highest BCUT2D eigenvalue weighted by atomic mass is 16.6. The van der Waals surface area contributed by atoms with Gasteiger partial charge in [0.05, 0.1) is 0 Å². The zero-order chi connectivity index (χ0) is 9.68. The Balaban J connectivity index is 2.50. The van der Waals surface area contributed by atoms with Crippen LogP contribution in [-0.4, -0.2) is 35.3 Å². The summed E-state index contributed by atoms with van der Waals surface area (Å²) in [5.41, 5.74) is 0. The van der Waals surface area contributed by atoms with Gasteiger partial charge in [0, 0.05) is 18.0 Å². The summed E-state index contributed by atoms with van der Waals surface area (Å²) in [6.07, 6.45) is 3.32. The largest absolute Gasteiger partial charge is 0.353 e. The summed E-state index contributed by atoms with van der Waals surface area (Å²) in [7, 11) is 0. The first-order valence-corrected chi connectivity index (χ1v) is 4.37. The summed E-state index contributed by atoms with van der Waals surface area (Å²) < 4.78 is 0. The number of nitro groups is 1. The maximum atomic E-state index is 10.3. The van der Waals surface area contributed by atoms with Crippen LogP contribution in [0.15, 0.2) is 5.10 Å². The van der Waals surface area contributed by atoms with Gasteiger partial charge in [-0.05, 0) is 19.3 Å². The third-order valence-corrected chi connectivity index (χ3v) is 2.14. The van der Waals surface area contributed by atoms with Gasteiger partial charge in [0.15, 0.2) is 5.84 Å². The first-order chi connectivity index (χ1) is 6.24. The molecule has 0 aliphatic carbocycles. The molecule has 1 aliphatic heterocycles. The van der Waals surface area contributed by atoms with E-state index in [1.807, 2.05) is 4.90 Å². The van der Waals surface area contributed by atoms with Gasteiger partial charge in [0.25, 0.3) is 6.54 Å². The molecular formula is C7H14N4O2. The summed E-state index contributed by atoms with van der Waals surface area (Å²) in [4.78, 5) is 11.7. The Bertz CT molecular complexity index is 211. The molecule has 1 saturated heterocycles. The van der Waals surface area contributed by atoms with Crippen molar-refractivity contribution in [3.05, 3.63) is 10.1 Å². The normalized spacial score (nSPS) is 18.8. The van der Waals surface area contributed by atoms with Crippen LogP contribution >= 0.6 is 0 Å². The van der Waals surface area contributed by atoms with Crippen LogP contribution in [0.5, 0.6) is 0 Å². The molecule has 0 saturated carbocycles. The second kappa shape index (κ2) is 4.64. The third kappa shape index (κ3) is 2.89. The molecule has 0 bridgehead atoms. The topological polar surface area (TPSA) is 84.8 Å². The lowest BCUT2D eigenvalue weighted by atomic mass is 10.1. The Morgan fingerprint density at radius 2 is 2.08 bits per heavy atom. The van der Waals surface area contributed by atoms with Crippen molar-refractivity contribution in [1.82, 2.24) is 4.90 Å². The molecule has 0 unspecified atom stereocenters. The predicted octanol–water partition coefficient (Wildman–Crippen LogP) is 0.0212. The second-order valence-electron chi connectivity index (χ2n) is 3.08. The number of hydrazone groups is 1. The van der Waals surface area contributed by atoms with Crippen molar-refractivity contribution in [2.45, 2.75) is 19.3 Å². The van der Waals surface area contributed by atoms with Crippen LogP contribution in [0.2, 0.25) is 0 Å². The van der Waals surface area contributed by atoms with Crippen LogP contribution in [0.3, 0.4) is 0 Å². The molecular weight excluding hydrogens is 172 g/mol. The number of nitrogens with two attached hydrogens (primary N) is 1. The number of nitrogens with zero attached hydrogens (tertiary/aromatic N) is 3. The fraction of sp³-hybridized carbons (Fsp3) is 0.857. The number of hydrogen-bond donors (Lipinski definition) is 1.